The molecular weight excluding hydrogens is 713 g/mol. The van der Waals surface area contributed by atoms with Crippen LogP contribution in [0.25, 0.3) is 105 Å². The van der Waals surface area contributed by atoms with Crippen LogP contribution in [0.2, 0.25) is 13.1 Å². The molecule has 0 fully saturated rings. The second kappa shape index (κ2) is 11.9. The van der Waals surface area contributed by atoms with Gasteiger partial charge in [-0.15, -0.1) is 0 Å². The molecule has 0 bridgehead atoms. The van der Waals surface area contributed by atoms with Crippen molar-refractivity contribution in [2.75, 3.05) is 0 Å². The van der Waals surface area contributed by atoms with Gasteiger partial charge in [0.1, 0.15) is 19.2 Å². The zero-order valence-corrected chi connectivity index (χ0v) is 32.4. The number of fused-ring (bicyclic) bond motifs is 11. The van der Waals surface area contributed by atoms with E-state index in [0.29, 0.717) is 17.5 Å². The molecule has 0 amide bonds. The molecule has 57 heavy (non-hydrogen) atoms. The fourth-order valence-electron chi connectivity index (χ4n) is 9.36. The summed E-state index contributed by atoms with van der Waals surface area (Å²) in [6, 6.07) is 60.2. The number of furan rings is 1. The third-order valence-corrected chi connectivity index (χ3v) is 15.6. The second-order valence-corrected chi connectivity index (χ2v) is 19.9. The van der Waals surface area contributed by atoms with Crippen LogP contribution >= 0.6 is 0 Å². The molecule has 0 atom stereocenters. The number of para-hydroxylation sites is 3. The average Bonchev–Trinajstić information content (AvgIpc) is 3.89. The number of hydrogen-bond donors (Lipinski definition) is 0. The summed E-state index contributed by atoms with van der Waals surface area (Å²) < 4.78 is 9.22. The van der Waals surface area contributed by atoms with Crippen LogP contribution in [0.3, 0.4) is 0 Å². The number of benzene rings is 8. The maximum atomic E-state index is 6.88. The summed E-state index contributed by atoms with van der Waals surface area (Å²) in [6.45, 7) is 4.88. The Morgan fingerprint density at radius 1 is 0.474 bits per heavy atom. The fraction of sp³-hybridized carbons (Fsp3) is 0.0392. The van der Waals surface area contributed by atoms with Crippen molar-refractivity contribution in [3.05, 3.63) is 170 Å². The van der Waals surface area contributed by atoms with E-state index in [0.717, 1.165) is 66.1 Å². The maximum Gasteiger partial charge on any atom is 0.164 e. The molecule has 1 aliphatic heterocycles. The van der Waals surface area contributed by atoms with Crippen LogP contribution < -0.4 is 10.4 Å². The van der Waals surface area contributed by atoms with Crippen LogP contribution in [-0.2, 0) is 0 Å². The first-order chi connectivity index (χ1) is 28.0. The van der Waals surface area contributed by atoms with Crippen molar-refractivity contribution in [1.29, 1.82) is 0 Å². The van der Waals surface area contributed by atoms with Gasteiger partial charge < -0.3 is 8.98 Å². The summed E-state index contributed by atoms with van der Waals surface area (Å²) in [7, 11) is -2.12. The predicted octanol–water partition coefficient (Wildman–Crippen LogP) is 11.8. The summed E-state index contributed by atoms with van der Waals surface area (Å²) in [5.74, 6) is 1.89. The van der Waals surface area contributed by atoms with E-state index in [4.69, 9.17) is 19.4 Å². The number of nitrogens with zero attached hydrogens (tertiary/aromatic N) is 4. The van der Waals surface area contributed by atoms with Crippen molar-refractivity contribution < 1.29 is 4.42 Å². The smallest absolute Gasteiger partial charge is 0.164 e. The van der Waals surface area contributed by atoms with Gasteiger partial charge >= 0.3 is 0 Å². The first-order valence-corrected chi connectivity index (χ1v) is 22.5. The molecule has 0 radical (unpaired) electrons. The van der Waals surface area contributed by atoms with Gasteiger partial charge in [0.2, 0.25) is 0 Å². The predicted molar refractivity (Wildman–Crippen MR) is 237 cm³/mol. The van der Waals surface area contributed by atoms with Crippen molar-refractivity contribution >= 4 is 73.0 Å². The van der Waals surface area contributed by atoms with Crippen LogP contribution in [0.15, 0.2) is 174 Å². The van der Waals surface area contributed by atoms with Gasteiger partial charge in [-0.05, 0) is 63.1 Å². The Morgan fingerprint density at radius 3 is 2.00 bits per heavy atom. The molecule has 6 heteroatoms. The van der Waals surface area contributed by atoms with E-state index >= 15 is 0 Å². The molecule has 1 aliphatic rings. The third kappa shape index (κ3) is 4.65. The highest BCUT2D eigenvalue weighted by Gasteiger charge is 2.40. The molecule has 11 aromatic rings. The van der Waals surface area contributed by atoms with E-state index in [1.807, 2.05) is 6.07 Å². The molecule has 0 aliphatic carbocycles. The summed E-state index contributed by atoms with van der Waals surface area (Å²) in [6.07, 6.45) is 0. The fourth-order valence-corrected chi connectivity index (χ4v) is 12.4. The molecule has 5 nitrogen and oxygen atoms in total. The van der Waals surface area contributed by atoms with E-state index in [9.17, 15) is 0 Å². The van der Waals surface area contributed by atoms with Crippen molar-refractivity contribution in [2.24, 2.45) is 0 Å². The van der Waals surface area contributed by atoms with E-state index in [1.165, 1.54) is 32.3 Å². The normalized spacial score (nSPS) is 13.2. The monoisotopic (exact) mass is 746 g/mol. The van der Waals surface area contributed by atoms with Crippen molar-refractivity contribution in [1.82, 2.24) is 19.5 Å². The Morgan fingerprint density at radius 2 is 1.12 bits per heavy atom. The molecule has 4 heterocycles. The van der Waals surface area contributed by atoms with Gasteiger partial charge in [-0.3, -0.25) is 0 Å². The van der Waals surface area contributed by atoms with Gasteiger partial charge in [-0.1, -0.05) is 147 Å². The Bertz CT molecular complexity index is 3450. The first-order valence-electron chi connectivity index (χ1n) is 19.5. The van der Waals surface area contributed by atoms with Crippen LogP contribution in [-0.4, -0.2) is 27.6 Å². The lowest BCUT2D eigenvalue weighted by atomic mass is 9.98. The SMILES string of the molecule is C[Si]1(C)c2ccccc2-c2c1cc(-c1nc(-c3ccc4c5ccccc5n(-c5ccccc5)c4c3)nc(-c3cccc4ccccc34)n1)c1c2oc2ccccc21. The van der Waals surface area contributed by atoms with E-state index < -0.39 is 8.07 Å². The van der Waals surface area contributed by atoms with Crippen LogP contribution in [0.1, 0.15) is 0 Å². The molecule has 3 aromatic heterocycles. The highest BCUT2D eigenvalue weighted by molar-refractivity contribution is 7.04. The number of hydrogen-bond acceptors (Lipinski definition) is 4. The standard InChI is InChI=1S/C51H34N4OSi/c1-57(2)44-26-13-10-22-39(44)47-45(57)30-40(46-38-21-9-12-25-43(38)56-48(46)47)51-53-49(52-50(54-51)37-23-14-16-31-15-6-7-19-34(31)37)32-27-28-36-35-20-8-11-24-41(35)55(42(36)29-32)33-17-4-3-5-18-33/h3-30H,1-2H3. The van der Waals surface area contributed by atoms with Gasteiger partial charge in [-0.2, -0.15) is 0 Å². The van der Waals surface area contributed by atoms with E-state index in [-0.39, 0.29) is 0 Å². The van der Waals surface area contributed by atoms with E-state index in [1.54, 1.807) is 0 Å². The molecular formula is C51H34N4OSi. The first kappa shape index (κ1) is 32.1. The summed E-state index contributed by atoms with van der Waals surface area (Å²) in [4.78, 5) is 16.2. The zero-order valence-electron chi connectivity index (χ0n) is 31.4. The highest BCUT2D eigenvalue weighted by atomic mass is 28.3. The molecule has 0 spiro atoms. The summed E-state index contributed by atoms with van der Waals surface area (Å²) >= 11 is 0. The Balaban J connectivity index is 1.18. The molecule has 0 saturated heterocycles. The summed E-state index contributed by atoms with van der Waals surface area (Å²) in [5, 5.41) is 9.47. The molecule has 12 rings (SSSR count). The maximum absolute atomic E-state index is 6.88. The molecule has 0 unspecified atom stereocenters. The van der Waals surface area contributed by atoms with Gasteiger partial charge in [0.25, 0.3) is 0 Å². The Kier molecular flexibility index (Phi) is 6.72. The van der Waals surface area contributed by atoms with Gasteiger partial charge in [0.05, 0.1) is 11.0 Å². The minimum absolute atomic E-state index is 0.621. The lowest BCUT2D eigenvalue weighted by Gasteiger charge is -2.19. The quantitative estimate of drug-likeness (QED) is 0.168. The largest absolute Gasteiger partial charge is 0.455 e. The third-order valence-electron chi connectivity index (χ3n) is 12.0. The van der Waals surface area contributed by atoms with Crippen molar-refractivity contribution in [2.45, 2.75) is 13.1 Å². The van der Waals surface area contributed by atoms with Gasteiger partial charge in [-0.25, -0.2) is 15.0 Å². The van der Waals surface area contributed by atoms with Crippen LogP contribution in [0.4, 0.5) is 0 Å². The highest BCUT2D eigenvalue weighted by Crippen LogP contribution is 2.44. The zero-order chi connectivity index (χ0) is 37.8. The molecule has 268 valence electrons. The summed E-state index contributed by atoms with van der Waals surface area (Å²) in [5.41, 5.74) is 10.4. The Labute approximate surface area is 329 Å². The van der Waals surface area contributed by atoms with Gasteiger partial charge in [0, 0.05) is 49.5 Å². The number of aromatic nitrogens is 4. The average molecular weight is 747 g/mol. The number of rotatable bonds is 4. The lowest BCUT2D eigenvalue weighted by Crippen LogP contribution is -2.49. The van der Waals surface area contributed by atoms with E-state index in [2.05, 4.69) is 181 Å². The van der Waals surface area contributed by atoms with Gasteiger partial charge in [0.15, 0.2) is 17.5 Å². The molecule has 8 aromatic carbocycles. The van der Waals surface area contributed by atoms with Crippen LogP contribution in [0.5, 0.6) is 0 Å². The van der Waals surface area contributed by atoms with Crippen molar-refractivity contribution in [3.63, 3.8) is 0 Å². The lowest BCUT2D eigenvalue weighted by molar-refractivity contribution is 0.670. The van der Waals surface area contributed by atoms with Crippen molar-refractivity contribution in [3.8, 4) is 51.0 Å². The van der Waals surface area contributed by atoms with Crippen LogP contribution in [0, 0.1) is 0 Å². The Hall–Kier alpha value is -7.15. The minimum Gasteiger partial charge on any atom is -0.455 e. The topological polar surface area (TPSA) is 56.7 Å². The molecule has 0 saturated carbocycles. The minimum atomic E-state index is -2.12. The molecule has 0 N–H and O–H groups in total. The second-order valence-electron chi connectivity index (χ2n) is 15.6.